The number of amides is 4. The third-order valence-corrected chi connectivity index (χ3v) is 15.8. The molecule has 3 aromatic heterocycles. The number of rotatable bonds is 26. The van der Waals surface area contributed by atoms with Crippen LogP contribution >= 0.6 is 23.1 Å². The van der Waals surface area contributed by atoms with E-state index >= 15 is 0 Å². The Morgan fingerprint density at radius 3 is 1.41 bits per heavy atom. The number of likely N-dealkylation sites (N-methyl/N-ethyl adjacent to an activating group) is 2. The van der Waals surface area contributed by atoms with E-state index in [0.29, 0.717) is 71.7 Å². The number of alkyl halides is 9. The van der Waals surface area contributed by atoms with Crippen LogP contribution in [0.3, 0.4) is 0 Å². The van der Waals surface area contributed by atoms with Crippen molar-refractivity contribution in [1.82, 2.24) is 24.8 Å². The number of anilines is 4. The van der Waals surface area contributed by atoms with Crippen LogP contribution in [0.25, 0.3) is 0 Å². The van der Waals surface area contributed by atoms with Gasteiger partial charge in [-0.25, -0.2) is 9.97 Å². The molecule has 0 aliphatic rings. The fourth-order valence-corrected chi connectivity index (χ4v) is 10.5. The Bertz CT molecular complexity index is 4010. The number of pyridine rings is 1. The lowest BCUT2D eigenvalue weighted by Crippen LogP contribution is -2.22. The van der Waals surface area contributed by atoms with E-state index < -0.39 is 52.9 Å². The maximum Gasteiger partial charge on any atom is 0.416 e. The zero-order chi connectivity index (χ0) is 74.6. The lowest BCUT2D eigenvalue weighted by Gasteiger charge is -2.17. The number of carbonyl (C=O) groups excluding carboxylic acids is 4. The number of unbranched alkanes of at least 4 members (excludes halogenated alkanes) is 1. The second-order valence-electron chi connectivity index (χ2n) is 22.4. The van der Waals surface area contributed by atoms with Gasteiger partial charge in [-0.1, -0.05) is 55.8 Å². The molecule has 544 valence electrons. The van der Waals surface area contributed by atoms with Gasteiger partial charge in [0.2, 0.25) is 11.8 Å². The number of ether oxygens (including phenoxy) is 5. The molecule has 0 atom stereocenters. The fraction of sp³-hybridized carbons (Fsp3) is 0.347. The predicted molar refractivity (Wildman–Crippen MR) is 376 cm³/mol. The number of halogens is 9. The summed E-state index contributed by atoms with van der Waals surface area (Å²) < 4.78 is 145. The van der Waals surface area contributed by atoms with Crippen molar-refractivity contribution in [1.29, 1.82) is 0 Å². The smallest absolute Gasteiger partial charge is 0.416 e. The van der Waals surface area contributed by atoms with Crippen LogP contribution < -0.4 is 45.0 Å². The van der Waals surface area contributed by atoms with Gasteiger partial charge in [-0.05, 0) is 184 Å². The molecule has 0 aliphatic heterocycles. The largest absolute Gasteiger partial charge is 0.493 e. The zero-order valence-corrected chi connectivity index (χ0v) is 59.5. The molecule has 0 fully saturated rings. The van der Waals surface area contributed by atoms with Crippen LogP contribution in [0.1, 0.15) is 120 Å². The van der Waals surface area contributed by atoms with Crippen molar-refractivity contribution in [2.75, 3.05) is 102 Å². The number of thiophene rings is 1. The average Bonchev–Trinajstić information content (AvgIpc) is 1.20. The molecule has 0 saturated carbocycles. The van der Waals surface area contributed by atoms with Gasteiger partial charge in [0.1, 0.15) is 47.2 Å². The Labute approximate surface area is 589 Å². The molecular formula is C72H82F9N9O9S2. The Hall–Kier alpha value is -9.45. The van der Waals surface area contributed by atoms with Gasteiger partial charge in [-0.3, -0.25) is 24.2 Å². The summed E-state index contributed by atoms with van der Waals surface area (Å²) in [5, 5.41) is 12.1. The van der Waals surface area contributed by atoms with Crippen LogP contribution in [0.4, 0.5) is 62.3 Å². The Kier molecular flexibility index (Phi) is 32.2. The summed E-state index contributed by atoms with van der Waals surface area (Å²) in [6, 6.07) is 29.2. The molecule has 0 aliphatic carbocycles. The molecule has 0 unspecified atom stereocenters. The summed E-state index contributed by atoms with van der Waals surface area (Å²) in [7, 11) is 7.67. The first-order valence-electron chi connectivity index (χ1n) is 31.7. The molecule has 29 heteroatoms. The molecule has 8 rings (SSSR count). The summed E-state index contributed by atoms with van der Waals surface area (Å²) in [5.74, 6) is -0.455. The van der Waals surface area contributed by atoms with E-state index in [0.717, 1.165) is 48.2 Å². The van der Waals surface area contributed by atoms with Gasteiger partial charge in [0, 0.05) is 46.9 Å². The predicted octanol–water partition coefficient (Wildman–Crippen LogP) is 17.1. The van der Waals surface area contributed by atoms with Gasteiger partial charge in [0.05, 0.1) is 47.8 Å². The first-order valence-corrected chi connectivity index (χ1v) is 33.8. The third-order valence-electron chi connectivity index (χ3n) is 14.1. The van der Waals surface area contributed by atoms with E-state index in [4.69, 9.17) is 23.7 Å². The molecule has 5 aromatic carbocycles. The summed E-state index contributed by atoms with van der Waals surface area (Å²) in [4.78, 5) is 67.7. The van der Waals surface area contributed by atoms with Crippen molar-refractivity contribution < 1.29 is 82.4 Å². The van der Waals surface area contributed by atoms with Crippen molar-refractivity contribution in [2.45, 2.75) is 91.2 Å². The Morgan fingerprint density at radius 2 is 0.931 bits per heavy atom. The SMILES string of the molecule is CCCCc1nccc(SC)c1C(=O)Nc1ccc(C)c(C(F)(F)F)c1.CCOc1cccc(OCCN(C)C)c1C(=O)Nc1ccccc1.CCOc1ccsc1C(=O)Nc1ccc(C)c(C(F)(F)F)c1.CCOc1ncnc(OCCN(C)C)c1C(=O)Nc1ccc(C)c(C(F)(F)F)c1. The number of aryl methyl sites for hydroxylation is 4. The standard InChI is InChI=1S/C19H23F3N4O3.C19H21F3N2OS.C19H24N2O3.C15H14F3NO2S/c1-5-28-17-15(18(24-11-23-17)29-9-8-26(3)4)16(27)25-13-7-6-12(2)14(10-13)19(20,21)22;1-4-5-6-15-17(16(26-3)9-10-23-15)18(25)24-13-8-7-12(2)14(11-13)19(20,21)22;1-4-23-16-11-8-12-17(24-14-13-21(2)3)18(16)19(22)20-15-9-6-5-7-10-15;1-3-21-12-6-7-22-13(12)14(20)19-10-5-4-9(2)11(8-10)15(16,17)18/h6-7,10-11H,5,8-9H2,1-4H3,(H,25,27);7-11H,4-6H2,1-3H3,(H,24,25);5-12H,4,13-14H2,1-3H3,(H,20,22);4-8H,3H2,1-2H3,(H,19,20). The quantitative estimate of drug-likeness (QED) is 0.0294. The average molecular weight is 1450 g/mol. The number of aromatic nitrogens is 3. The number of nitrogens with one attached hydrogen (secondary N) is 4. The molecule has 18 nitrogen and oxygen atoms in total. The van der Waals surface area contributed by atoms with Crippen LogP contribution in [-0.2, 0) is 24.9 Å². The highest BCUT2D eigenvalue weighted by Gasteiger charge is 2.35. The van der Waals surface area contributed by atoms with Crippen molar-refractivity contribution >= 4 is 69.5 Å². The van der Waals surface area contributed by atoms with E-state index in [1.165, 1.54) is 86.6 Å². The van der Waals surface area contributed by atoms with Crippen molar-refractivity contribution in [2.24, 2.45) is 0 Å². The lowest BCUT2D eigenvalue weighted by atomic mass is 10.1. The van der Waals surface area contributed by atoms with Gasteiger partial charge in [0.25, 0.3) is 23.6 Å². The number of nitrogens with zero attached hydrogens (tertiary/aromatic N) is 5. The minimum atomic E-state index is -4.53. The summed E-state index contributed by atoms with van der Waals surface area (Å²) in [6.45, 7) is 14.7. The van der Waals surface area contributed by atoms with Crippen molar-refractivity contribution in [3.63, 3.8) is 0 Å². The van der Waals surface area contributed by atoms with E-state index in [1.807, 2.05) is 94.5 Å². The molecule has 101 heavy (non-hydrogen) atoms. The third kappa shape index (κ3) is 25.6. The summed E-state index contributed by atoms with van der Waals surface area (Å²) in [5.41, 5.74) is 0.302. The number of para-hydroxylation sites is 1. The Balaban J connectivity index is 0.000000244. The molecule has 3 heterocycles. The molecule has 8 aromatic rings. The normalized spacial score (nSPS) is 11.2. The molecule has 0 radical (unpaired) electrons. The van der Waals surface area contributed by atoms with Crippen LogP contribution in [-0.4, -0.2) is 129 Å². The molecule has 4 N–H and O–H groups in total. The van der Waals surface area contributed by atoms with Crippen molar-refractivity contribution in [3.8, 4) is 29.0 Å². The van der Waals surface area contributed by atoms with Crippen molar-refractivity contribution in [3.05, 3.63) is 194 Å². The highest BCUT2D eigenvalue weighted by atomic mass is 32.2. The molecule has 0 saturated heterocycles. The molecule has 4 amide bonds. The molecule has 0 bridgehead atoms. The van der Waals surface area contributed by atoms with Crippen LogP contribution in [0, 0.1) is 20.8 Å². The molecule has 0 spiro atoms. The second-order valence-corrected chi connectivity index (χ2v) is 24.2. The van der Waals surface area contributed by atoms with Gasteiger partial charge < -0.3 is 54.8 Å². The second kappa shape index (κ2) is 39.5. The maximum absolute atomic E-state index is 13.1. The Morgan fingerprint density at radius 1 is 0.485 bits per heavy atom. The van der Waals surface area contributed by atoms with E-state index in [9.17, 15) is 58.7 Å². The summed E-state index contributed by atoms with van der Waals surface area (Å²) in [6.07, 6.45) is -6.26. The van der Waals surface area contributed by atoms with Gasteiger partial charge in [0.15, 0.2) is 5.56 Å². The van der Waals surface area contributed by atoms with Crippen LogP contribution in [0.2, 0.25) is 0 Å². The van der Waals surface area contributed by atoms with Crippen LogP contribution in [0.15, 0.2) is 138 Å². The first kappa shape index (κ1) is 82.2. The number of benzene rings is 5. The monoisotopic (exact) mass is 1450 g/mol. The van der Waals surface area contributed by atoms with E-state index in [2.05, 4.69) is 36.2 Å². The maximum atomic E-state index is 13.1. The number of hydrogen-bond acceptors (Lipinski definition) is 16. The van der Waals surface area contributed by atoms with Gasteiger partial charge in [-0.15, -0.1) is 23.1 Å². The minimum Gasteiger partial charge on any atom is -0.493 e. The topological polar surface area (TPSA) is 208 Å². The zero-order valence-electron chi connectivity index (χ0n) is 57.9. The van der Waals surface area contributed by atoms with Gasteiger partial charge >= 0.3 is 18.5 Å². The summed E-state index contributed by atoms with van der Waals surface area (Å²) >= 11 is 2.58. The highest BCUT2D eigenvalue weighted by molar-refractivity contribution is 7.98. The molecular weight excluding hydrogens is 1370 g/mol. The first-order chi connectivity index (χ1) is 47.8. The number of thioether (sulfide) groups is 1. The minimum absolute atomic E-state index is 0.00837. The highest BCUT2D eigenvalue weighted by Crippen LogP contribution is 2.38. The van der Waals surface area contributed by atoms with E-state index in [1.54, 1.807) is 49.7 Å². The van der Waals surface area contributed by atoms with Gasteiger partial charge in [-0.2, -0.15) is 39.5 Å². The number of hydrogen-bond donors (Lipinski definition) is 4. The lowest BCUT2D eigenvalue weighted by molar-refractivity contribution is -0.138. The number of carbonyl (C=O) groups is 4. The fourth-order valence-electron chi connectivity index (χ4n) is 9.17. The van der Waals surface area contributed by atoms with Crippen LogP contribution in [0.5, 0.6) is 29.0 Å². The van der Waals surface area contributed by atoms with E-state index in [-0.39, 0.29) is 70.2 Å².